The number of nitrogens with one attached hydrogen (secondary N) is 1. The monoisotopic (exact) mass is 473 g/mol. The number of aromatic amines is 1. The normalized spacial score (nSPS) is 22.3. The molecule has 2 aliphatic rings. The van der Waals surface area contributed by atoms with Crippen molar-refractivity contribution in [2.45, 2.75) is 69.2 Å². The molecule has 2 aromatic carbocycles. The number of fused-ring (bicyclic) bond motifs is 3. The third-order valence-electron chi connectivity index (χ3n) is 7.19. The predicted octanol–water partition coefficient (Wildman–Crippen LogP) is 5.90. The molecule has 0 saturated heterocycles. The molecule has 1 fully saturated rings. The van der Waals surface area contributed by atoms with Crippen molar-refractivity contribution in [3.05, 3.63) is 64.3 Å². The molecule has 0 amide bonds. The molecule has 0 radical (unpaired) electrons. The molecular formula is C26H26F3NO4. The molecule has 1 aromatic heterocycles. The molecule has 5 rings (SSSR count). The fraction of sp³-hybridized carbons (Fsp3) is 0.423. The van der Waals surface area contributed by atoms with E-state index in [1.54, 1.807) is 12.1 Å². The van der Waals surface area contributed by atoms with Gasteiger partial charge >= 0.3 is 12.1 Å². The molecule has 34 heavy (non-hydrogen) atoms. The Hall–Kier alpha value is -3.00. The van der Waals surface area contributed by atoms with E-state index in [1.165, 1.54) is 6.07 Å². The first-order valence-corrected chi connectivity index (χ1v) is 11.6. The SMILES string of the molecule is O=C(O)C[C@@H]1CCc2c1[nH]c1ccc(OCc3ccc([C@H]4CCC[C@H]4O)c(C(F)(F)F)c3)cc21. The van der Waals surface area contributed by atoms with Crippen LogP contribution in [0, 0.1) is 0 Å². The van der Waals surface area contributed by atoms with Crippen LogP contribution in [0.4, 0.5) is 13.2 Å². The van der Waals surface area contributed by atoms with Gasteiger partial charge in [-0.05, 0) is 66.6 Å². The Morgan fingerprint density at radius 1 is 1.12 bits per heavy atom. The zero-order valence-corrected chi connectivity index (χ0v) is 18.5. The first kappa shape index (κ1) is 22.8. The van der Waals surface area contributed by atoms with E-state index in [1.807, 2.05) is 12.1 Å². The number of aliphatic hydroxyl groups is 1. The molecule has 3 aromatic rings. The quantitative estimate of drug-likeness (QED) is 0.416. The summed E-state index contributed by atoms with van der Waals surface area (Å²) in [6.45, 7) is -0.0175. The largest absolute Gasteiger partial charge is 0.489 e. The summed E-state index contributed by atoms with van der Waals surface area (Å²) >= 11 is 0. The molecule has 0 unspecified atom stereocenters. The lowest BCUT2D eigenvalue weighted by molar-refractivity contribution is -0.139. The Labute approximate surface area is 194 Å². The molecule has 0 spiro atoms. The minimum Gasteiger partial charge on any atom is -0.489 e. The third kappa shape index (κ3) is 4.27. The summed E-state index contributed by atoms with van der Waals surface area (Å²) in [7, 11) is 0. The van der Waals surface area contributed by atoms with Crippen LogP contribution in [-0.4, -0.2) is 27.3 Å². The third-order valence-corrected chi connectivity index (χ3v) is 7.19. The highest BCUT2D eigenvalue weighted by molar-refractivity contribution is 5.87. The molecule has 1 saturated carbocycles. The zero-order chi connectivity index (χ0) is 24.0. The van der Waals surface area contributed by atoms with Gasteiger partial charge in [0.15, 0.2) is 0 Å². The van der Waals surface area contributed by atoms with Gasteiger partial charge in [-0.1, -0.05) is 18.6 Å². The van der Waals surface area contributed by atoms with E-state index in [-0.39, 0.29) is 24.5 Å². The van der Waals surface area contributed by atoms with Crippen molar-refractivity contribution in [3.63, 3.8) is 0 Å². The minimum absolute atomic E-state index is 0.0175. The number of benzene rings is 2. The number of H-pyrrole nitrogens is 1. The van der Waals surface area contributed by atoms with Crippen LogP contribution in [0.25, 0.3) is 10.9 Å². The molecule has 180 valence electrons. The summed E-state index contributed by atoms with van der Waals surface area (Å²) < 4.78 is 47.2. The van der Waals surface area contributed by atoms with Crippen molar-refractivity contribution in [3.8, 4) is 5.75 Å². The smallest absolute Gasteiger partial charge is 0.416 e. The van der Waals surface area contributed by atoms with Crippen LogP contribution in [0.3, 0.4) is 0 Å². The van der Waals surface area contributed by atoms with Gasteiger partial charge in [-0.3, -0.25) is 4.79 Å². The first-order valence-electron chi connectivity index (χ1n) is 11.6. The summed E-state index contributed by atoms with van der Waals surface area (Å²) in [5.74, 6) is -0.816. The minimum atomic E-state index is -4.51. The van der Waals surface area contributed by atoms with Crippen molar-refractivity contribution in [2.24, 2.45) is 0 Å². The lowest BCUT2D eigenvalue weighted by Crippen LogP contribution is -2.18. The van der Waals surface area contributed by atoms with Crippen molar-refractivity contribution in [1.29, 1.82) is 0 Å². The van der Waals surface area contributed by atoms with Crippen LogP contribution in [0.5, 0.6) is 5.75 Å². The van der Waals surface area contributed by atoms with Crippen molar-refractivity contribution < 1.29 is 32.9 Å². The number of carboxylic acids is 1. The zero-order valence-electron chi connectivity index (χ0n) is 18.5. The number of halogens is 3. The maximum Gasteiger partial charge on any atom is 0.416 e. The van der Waals surface area contributed by atoms with Crippen LogP contribution in [0.2, 0.25) is 0 Å². The topological polar surface area (TPSA) is 82.5 Å². The average molecular weight is 473 g/mol. The number of aliphatic hydroxyl groups excluding tert-OH is 1. The van der Waals surface area contributed by atoms with Crippen LogP contribution in [-0.2, 0) is 24.0 Å². The van der Waals surface area contributed by atoms with Crippen LogP contribution >= 0.6 is 0 Å². The Morgan fingerprint density at radius 2 is 1.94 bits per heavy atom. The number of aliphatic carboxylic acids is 1. The molecule has 1 heterocycles. The Morgan fingerprint density at radius 3 is 2.65 bits per heavy atom. The second kappa shape index (κ2) is 8.65. The van der Waals surface area contributed by atoms with Crippen LogP contribution in [0.15, 0.2) is 36.4 Å². The van der Waals surface area contributed by atoms with Gasteiger partial charge in [-0.2, -0.15) is 13.2 Å². The molecule has 3 N–H and O–H groups in total. The molecule has 0 aliphatic heterocycles. The summed E-state index contributed by atoms with van der Waals surface area (Å²) in [6, 6.07) is 9.72. The maximum absolute atomic E-state index is 13.8. The summed E-state index contributed by atoms with van der Waals surface area (Å²) in [5.41, 5.74) is 2.79. The molecule has 8 heteroatoms. The number of ether oxygens (including phenoxy) is 1. The first-order chi connectivity index (χ1) is 16.2. The molecule has 5 nitrogen and oxygen atoms in total. The summed E-state index contributed by atoms with van der Waals surface area (Å²) in [5, 5.41) is 20.2. The number of rotatable bonds is 6. The number of hydrogen-bond acceptors (Lipinski definition) is 3. The van der Waals surface area contributed by atoms with Crippen LogP contribution in [0.1, 0.15) is 71.9 Å². The van der Waals surface area contributed by atoms with Gasteiger partial charge in [0.2, 0.25) is 0 Å². The Bertz CT molecular complexity index is 1230. The number of aromatic nitrogens is 1. The summed E-state index contributed by atoms with van der Waals surface area (Å²) in [6.07, 6.45) is -1.83. The highest BCUT2D eigenvalue weighted by Crippen LogP contribution is 2.43. The van der Waals surface area contributed by atoms with Gasteiger partial charge in [0.05, 0.1) is 18.1 Å². The summed E-state index contributed by atoms with van der Waals surface area (Å²) in [4.78, 5) is 14.5. The second-order valence-electron chi connectivity index (χ2n) is 9.37. The molecular weight excluding hydrogens is 447 g/mol. The van der Waals surface area contributed by atoms with E-state index in [9.17, 15) is 23.1 Å². The van der Waals surface area contributed by atoms with E-state index in [4.69, 9.17) is 9.84 Å². The molecule has 2 aliphatic carbocycles. The van der Waals surface area contributed by atoms with Gasteiger partial charge in [-0.15, -0.1) is 0 Å². The fourth-order valence-electron chi connectivity index (χ4n) is 5.57. The second-order valence-corrected chi connectivity index (χ2v) is 9.37. The highest BCUT2D eigenvalue weighted by Gasteiger charge is 2.38. The van der Waals surface area contributed by atoms with E-state index >= 15 is 0 Å². The lowest BCUT2D eigenvalue weighted by Gasteiger charge is -2.21. The number of hydrogen-bond donors (Lipinski definition) is 3. The number of carbonyl (C=O) groups is 1. The van der Waals surface area contributed by atoms with E-state index in [0.717, 1.165) is 47.5 Å². The number of alkyl halides is 3. The van der Waals surface area contributed by atoms with Gasteiger partial charge in [0.25, 0.3) is 0 Å². The Balaban J connectivity index is 1.36. The molecule has 3 atom stereocenters. The molecule has 0 bridgehead atoms. The van der Waals surface area contributed by atoms with Crippen molar-refractivity contribution >= 4 is 16.9 Å². The van der Waals surface area contributed by atoms with E-state index < -0.39 is 29.7 Å². The standard InChI is InChI=1S/C26H26F3NO4/c27-26(28,29)21-10-14(4-7-17(21)18-2-1-3-23(18)31)13-34-16-6-9-22-20(12-16)19-8-5-15(11-24(32)33)25(19)30-22/h4,6-7,9-10,12,15,18,23,30-31H,1-3,5,8,11,13H2,(H,32,33)/t15-,18+,23+/m0/s1. The van der Waals surface area contributed by atoms with Gasteiger partial charge in [0.1, 0.15) is 12.4 Å². The highest BCUT2D eigenvalue weighted by atomic mass is 19.4. The maximum atomic E-state index is 13.8. The predicted molar refractivity (Wildman–Crippen MR) is 120 cm³/mol. The fourth-order valence-corrected chi connectivity index (χ4v) is 5.57. The van der Waals surface area contributed by atoms with Gasteiger partial charge < -0.3 is 19.9 Å². The van der Waals surface area contributed by atoms with Gasteiger partial charge in [-0.25, -0.2) is 0 Å². The Kier molecular flexibility index (Phi) is 5.80. The number of aryl methyl sites for hydroxylation is 1. The van der Waals surface area contributed by atoms with Crippen molar-refractivity contribution in [2.75, 3.05) is 0 Å². The van der Waals surface area contributed by atoms with E-state index in [0.29, 0.717) is 24.2 Å². The van der Waals surface area contributed by atoms with Gasteiger partial charge in [0, 0.05) is 28.4 Å². The average Bonchev–Trinajstić information content (AvgIpc) is 3.47. The van der Waals surface area contributed by atoms with E-state index in [2.05, 4.69) is 4.98 Å². The van der Waals surface area contributed by atoms with Crippen LogP contribution < -0.4 is 4.74 Å². The number of carboxylic acid groups (broad SMARTS) is 1. The lowest BCUT2D eigenvalue weighted by atomic mass is 9.90. The van der Waals surface area contributed by atoms with Crippen molar-refractivity contribution in [1.82, 2.24) is 4.98 Å².